The number of para-hydroxylation sites is 3. The highest BCUT2D eigenvalue weighted by molar-refractivity contribution is 7.25. The number of fused-ring (bicyclic) bond motifs is 9. The van der Waals surface area contributed by atoms with E-state index in [0.29, 0.717) is 0 Å². The van der Waals surface area contributed by atoms with Gasteiger partial charge in [-0.05, 0) is 81.4 Å². The van der Waals surface area contributed by atoms with E-state index in [1.807, 2.05) is 11.3 Å². The van der Waals surface area contributed by atoms with Crippen molar-refractivity contribution in [2.24, 2.45) is 0 Å². The zero-order valence-corrected chi connectivity index (χ0v) is 33.4. The van der Waals surface area contributed by atoms with Crippen LogP contribution in [0.1, 0.15) is 0 Å². The summed E-state index contributed by atoms with van der Waals surface area (Å²) in [4.78, 5) is 0. The van der Waals surface area contributed by atoms with E-state index >= 15 is 0 Å². The number of nitrogens with zero attached hydrogens (tertiary/aromatic N) is 2. The number of hydrogen-bond acceptors (Lipinski definition) is 1. The fourth-order valence-electron chi connectivity index (χ4n) is 9.78. The average Bonchev–Trinajstić information content (AvgIpc) is 3.95. The minimum Gasteiger partial charge on any atom is -0.309 e. The van der Waals surface area contributed by atoms with Crippen molar-refractivity contribution in [1.29, 1.82) is 0 Å². The first-order valence-corrected chi connectivity index (χ1v) is 22.7. The Hall–Kier alpha value is -6.98. The molecule has 58 heavy (non-hydrogen) atoms. The van der Waals surface area contributed by atoms with Gasteiger partial charge in [0.1, 0.15) is 0 Å². The predicted octanol–water partition coefficient (Wildman–Crippen LogP) is 11.6. The van der Waals surface area contributed by atoms with Crippen LogP contribution in [-0.4, -0.2) is 17.2 Å². The molecule has 12 aromatic rings. The van der Waals surface area contributed by atoms with E-state index < -0.39 is 8.07 Å². The lowest BCUT2D eigenvalue weighted by Crippen LogP contribution is -2.74. The molecule has 0 saturated heterocycles. The topological polar surface area (TPSA) is 9.86 Å². The summed E-state index contributed by atoms with van der Waals surface area (Å²) in [5.41, 5.74) is 7.24. The zero-order chi connectivity index (χ0) is 38.2. The van der Waals surface area contributed by atoms with Crippen LogP contribution in [0.5, 0.6) is 0 Å². The SMILES string of the molecule is c1ccc([Si](c2ccccc2)(c2ccccc2)c2ccc3c(c2)c2ccccc2n3-c2ccc3sc4ccc(-n5c6ccccc6c6ccccc65)cc4c3c2)cc1. The highest BCUT2D eigenvalue weighted by atomic mass is 32.1. The van der Waals surface area contributed by atoms with Crippen LogP contribution in [0, 0.1) is 0 Å². The van der Waals surface area contributed by atoms with Crippen LogP contribution in [0.3, 0.4) is 0 Å². The molecule has 0 aliphatic heterocycles. The van der Waals surface area contributed by atoms with Crippen molar-refractivity contribution in [1.82, 2.24) is 9.13 Å². The molecule has 0 radical (unpaired) electrons. The van der Waals surface area contributed by atoms with E-state index in [2.05, 4.69) is 228 Å². The maximum atomic E-state index is 2.52. The molecule has 12 rings (SSSR count). The van der Waals surface area contributed by atoms with Crippen molar-refractivity contribution in [3.8, 4) is 11.4 Å². The summed E-state index contributed by atoms with van der Waals surface area (Å²) in [6, 6.07) is 81.4. The van der Waals surface area contributed by atoms with Gasteiger partial charge in [0.15, 0.2) is 8.07 Å². The molecule has 2 nitrogen and oxygen atoms in total. The molecular formula is C54H36N2SSi. The van der Waals surface area contributed by atoms with Gasteiger partial charge in [-0.15, -0.1) is 11.3 Å². The van der Waals surface area contributed by atoms with E-state index in [1.165, 1.54) is 95.9 Å². The van der Waals surface area contributed by atoms with Crippen LogP contribution in [0.15, 0.2) is 218 Å². The highest BCUT2D eigenvalue weighted by Crippen LogP contribution is 2.40. The maximum Gasteiger partial charge on any atom is 0.179 e. The van der Waals surface area contributed by atoms with Gasteiger partial charge in [0.05, 0.1) is 22.1 Å². The Balaban J connectivity index is 1.08. The van der Waals surface area contributed by atoms with Crippen molar-refractivity contribution in [2.75, 3.05) is 0 Å². The second-order valence-electron chi connectivity index (χ2n) is 15.3. The Labute approximate surface area is 341 Å². The van der Waals surface area contributed by atoms with Gasteiger partial charge in [0, 0.05) is 53.1 Å². The van der Waals surface area contributed by atoms with Crippen LogP contribution < -0.4 is 20.7 Å². The Morgan fingerprint density at radius 2 is 0.655 bits per heavy atom. The first-order chi connectivity index (χ1) is 28.8. The number of rotatable bonds is 6. The van der Waals surface area contributed by atoms with Gasteiger partial charge < -0.3 is 9.13 Å². The first kappa shape index (κ1) is 33.2. The largest absolute Gasteiger partial charge is 0.309 e. The quantitative estimate of drug-likeness (QED) is 0.118. The van der Waals surface area contributed by atoms with E-state index in [4.69, 9.17) is 0 Å². The Morgan fingerprint density at radius 1 is 0.276 bits per heavy atom. The molecule has 0 atom stereocenters. The molecule has 0 aliphatic rings. The predicted molar refractivity (Wildman–Crippen MR) is 252 cm³/mol. The summed E-state index contributed by atoms with van der Waals surface area (Å²) in [7, 11) is -2.71. The van der Waals surface area contributed by atoms with Gasteiger partial charge in [-0.3, -0.25) is 0 Å². The van der Waals surface area contributed by atoms with Gasteiger partial charge >= 0.3 is 0 Å². The Kier molecular flexibility index (Phi) is 7.46. The fourth-order valence-corrected chi connectivity index (χ4v) is 15.6. The number of aromatic nitrogens is 2. The van der Waals surface area contributed by atoms with Crippen molar-refractivity contribution in [3.05, 3.63) is 218 Å². The monoisotopic (exact) mass is 772 g/mol. The third-order valence-corrected chi connectivity index (χ3v) is 18.2. The minimum absolute atomic E-state index is 1.17. The van der Waals surface area contributed by atoms with Gasteiger partial charge in [-0.1, -0.05) is 158 Å². The second kappa shape index (κ2) is 13.0. The van der Waals surface area contributed by atoms with Crippen LogP contribution in [-0.2, 0) is 0 Å². The van der Waals surface area contributed by atoms with Crippen LogP contribution >= 0.6 is 11.3 Å². The normalized spacial score (nSPS) is 12.1. The third-order valence-electron chi connectivity index (χ3n) is 12.3. The molecule has 272 valence electrons. The summed E-state index contributed by atoms with van der Waals surface area (Å²) in [5.74, 6) is 0. The first-order valence-electron chi connectivity index (χ1n) is 19.9. The summed E-state index contributed by atoms with van der Waals surface area (Å²) < 4.78 is 7.49. The molecule has 4 heteroatoms. The second-order valence-corrected chi connectivity index (χ2v) is 20.2. The Bertz CT molecular complexity index is 3360. The summed E-state index contributed by atoms with van der Waals surface area (Å²) in [6.07, 6.45) is 0. The Morgan fingerprint density at radius 3 is 1.10 bits per heavy atom. The molecule has 0 fully saturated rings. The van der Waals surface area contributed by atoms with E-state index in [-0.39, 0.29) is 0 Å². The fraction of sp³-hybridized carbons (Fsp3) is 0. The molecule has 0 aliphatic carbocycles. The minimum atomic E-state index is -2.71. The van der Waals surface area contributed by atoms with Gasteiger partial charge in [-0.2, -0.15) is 0 Å². The van der Waals surface area contributed by atoms with Crippen molar-refractivity contribution in [2.45, 2.75) is 0 Å². The van der Waals surface area contributed by atoms with Crippen molar-refractivity contribution >= 4 is 104 Å². The zero-order valence-electron chi connectivity index (χ0n) is 31.6. The lowest BCUT2D eigenvalue weighted by Gasteiger charge is -2.34. The van der Waals surface area contributed by atoms with Gasteiger partial charge in [-0.25, -0.2) is 0 Å². The van der Waals surface area contributed by atoms with Crippen LogP contribution in [0.25, 0.3) is 75.2 Å². The van der Waals surface area contributed by atoms with Crippen LogP contribution in [0.2, 0.25) is 0 Å². The number of benzene rings is 9. The summed E-state index contributed by atoms with van der Waals surface area (Å²) in [6.45, 7) is 0. The maximum absolute atomic E-state index is 2.71. The van der Waals surface area contributed by atoms with Gasteiger partial charge in [0.25, 0.3) is 0 Å². The lowest BCUT2D eigenvalue weighted by atomic mass is 10.1. The molecule has 3 heterocycles. The van der Waals surface area contributed by atoms with Crippen molar-refractivity contribution in [3.63, 3.8) is 0 Å². The smallest absolute Gasteiger partial charge is 0.179 e. The molecule has 0 amide bonds. The molecule has 9 aromatic carbocycles. The standard InChI is InChI=1S/C54H36N2SSi/c1-4-16-39(17-5-1)58(40-18-6-2-7-19-40,41-20-8-3-9-21-41)42-30-31-52-46(36-42)45-24-12-15-27-51(45)56(52)38-29-33-54-48(35-38)47-34-37(28-32-53(47)57-54)55-49-25-13-10-22-43(49)44-23-11-14-26-50(44)55/h1-36H. The van der Waals surface area contributed by atoms with E-state index in [9.17, 15) is 0 Å². The van der Waals surface area contributed by atoms with Crippen LogP contribution in [0.4, 0.5) is 0 Å². The van der Waals surface area contributed by atoms with Crippen molar-refractivity contribution < 1.29 is 0 Å². The molecule has 0 spiro atoms. The van der Waals surface area contributed by atoms with E-state index in [0.717, 1.165) is 0 Å². The molecular weight excluding hydrogens is 737 g/mol. The number of hydrogen-bond donors (Lipinski definition) is 0. The number of thiophene rings is 1. The third kappa shape index (κ3) is 4.83. The molecule has 0 N–H and O–H groups in total. The molecule has 3 aromatic heterocycles. The summed E-state index contributed by atoms with van der Waals surface area (Å²) in [5, 5.41) is 13.2. The molecule has 0 bridgehead atoms. The molecule has 0 saturated carbocycles. The lowest BCUT2D eigenvalue weighted by molar-refractivity contribution is 1.18. The summed E-state index contributed by atoms with van der Waals surface area (Å²) >= 11 is 1.87. The highest BCUT2D eigenvalue weighted by Gasteiger charge is 2.41. The van der Waals surface area contributed by atoms with Gasteiger partial charge in [0.2, 0.25) is 0 Å². The van der Waals surface area contributed by atoms with E-state index in [1.54, 1.807) is 0 Å². The average molecular weight is 773 g/mol. The molecule has 0 unspecified atom stereocenters.